The second-order valence-electron chi connectivity index (χ2n) is 8.86. The maximum absolute atomic E-state index is 13.2. The Kier molecular flexibility index (Phi) is 7.23. The lowest BCUT2D eigenvalue weighted by atomic mass is 10.0. The van der Waals surface area contributed by atoms with Crippen molar-refractivity contribution in [3.05, 3.63) is 87.2 Å². The number of nitrogens with two attached hydrogens (primary N) is 1. The highest BCUT2D eigenvalue weighted by molar-refractivity contribution is 5.97. The quantitative estimate of drug-likeness (QED) is 0.320. The van der Waals surface area contributed by atoms with E-state index in [0.717, 1.165) is 25.8 Å². The minimum atomic E-state index is -0.860. The van der Waals surface area contributed by atoms with Gasteiger partial charge < -0.3 is 20.7 Å². The number of para-hydroxylation sites is 1. The number of fused-ring (bicyclic) bond motifs is 3. The topological polar surface area (TPSA) is 167 Å². The van der Waals surface area contributed by atoms with E-state index in [4.69, 9.17) is 10.5 Å². The number of carbonyl (C=O) groups is 3. The number of ether oxygens (including phenoxy) is 1. The fourth-order valence-corrected chi connectivity index (χ4v) is 4.28. The van der Waals surface area contributed by atoms with Crippen LogP contribution in [-0.4, -0.2) is 55.4 Å². The van der Waals surface area contributed by atoms with E-state index in [1.165, 1.54) is 7.05 Å². The summed E-state index contributed by atoms with van der Waals surface area (Å²) in [6.07, 6.45) is -0.714. The van der Waals surface area contributed by atoms with Crippen molar-refractivity contribution >= 4 is 29.2 Å². The third-order valence-electron chi connectivity index (χ3n) is 6.24. The van der Waals surface area contributed by atoms with E-state index in [1.54, 1.807) is 4.90 Å². The first kappa shape index (κ1) is 26.1. The van der Waals surface area contributed by atoms with E-state index >= 15 is 0 Å². The summed E-state index contributed by atoms with van der Waals surface area (Å²) in [5.41, 5.74) is 7.71. The predicted molar refractivity (Wildman–Crippen MR) is 142 cm³/mol. The Morgan fingerprint density at radius 1 is 1.07 bits per heavy atom. The molecule has 1 aliphatic rings. The van der Waals surface area contributed by atoms with E-state index < -0.39 is 17.7 Å². The number of aromatic nitrogens is 5. The Morgan fingerprint density at radius 3 is 2.60 bits per heavy atom. The molecule has 13 nitrogen and oxygen atoms in total. The molecule has 0 saturated heterocycles. The molecule has 3 amide bonds. The highest BCUT2D eigenvalue weighted by Crippen LogP contribution is 2.25. The Bertz CT molecular complexity index is 1760. The Labute approximate surface area is 227 Å². The minimum absolute atomic E-state index is 0.0323. The maximum Gasteiger partial charge on any atom is 0.407 e. The molecule has 3 N–H and O–H groups in total. The summed E-state index contributed by atoms with van der Waals surface area (Å²) >= 11 is 0. The van der Waals surface area contributed by atoms with Crippen molar-refractivity contribution in [1.82, 2.24) is 29.7 Å². The molecule has 2 aromatic carbocycles. The molecule has 4 aromatic rings. The van der Waals surface area contributed by atoms with Crippen LogP contribution in [0, 0.1) is 11.8 Å². The zero-order valence-electron chi connectivity index (χ0n) is 21.5. The lowest BCUT2D eigenvalue weighted by molar-refractivity contribution is -0.119. The van der Waals surface area contributed by atoms with Crippen LogP contribution in [0.2, 0.25) is 0 Å². The van der Waals surface area contributed by atoms with E-state index in [9.17, 15) is 19.2 Å². The molecule has 5 rings (SSSR count). The van der Waals surface area contributed by atoms with Gasteiger partial charge in [-0.05, 0) is 23.8 Å². The van der Waals surface area contributed by atoms with Crippen LogP contribution in [0.4, 0.5) is 10.5 Å². The third kappa shape index (κ3) is 5.23. The number of amides is 3. The van der Waals surface area contributed by atoms with Crippen molar-refractivity contribution in [1.29, 1.82) is 0 Å². The Hall–Kier alpha value is -5.51. The number of aryl methyl sites for hydroxylation is 1. The summed E-state index contributed by atoms with van der Waals surface area (Å²) in [6, 6.07) is 15.1. The van der Waals surface area contributed by atoms with Crippen LogP contribution in [0.25, 0.3) is 5.65 Å². The van der Waals surface area contributed by atoms with Gasteiger partial charge in [-0.3, -0.25) is 9.59 Å². The number of anilines is 1. The molecule has 13 heteroatoms. The SMILES string of the molecule is Cn1nnc2c(C(N)=O)nc(CCNC(=O)OCCC(=O)N3Cc4ccccc4C#Cc4ccccc43)n2c1=O. The minimum Gasteiger partial charge on any atom is -0.449 e. The number of nitrogens with zero attached hydrogens (tertiary/aromatic N) is 6. The molecular weight excluding hydrogens is 516 g/mol. The van der Waals surface area contributed by atoms with Gasteiger partial charge in [0.15, 0.2) is 11.3 Å². The standard InChI is InChI=1S/C27H24N8O5/c1-33-27(39)35-21(30-23(24(28)37)25(35)31-32-33)12-14-29-26(38)40-15-13-22(36)34-16-19-8-3-2-6-17(19)10-11-18-7-4-5-9-20(18)34/h2-9H,12-16H2,1H3,(H2,28,37)(H,29,38). The molecule has 202 valence electrons. The number of carbonyl (C=O) groups excluding carboxylic acids is 3. The molecule has 0 aliphatic carbocycles. The van der Waals surface area contributed by atoms with Gasteiger partial charge >= 0.3 is 11.8 Å². The van der Waals surface area contributed by atoms with Crippen molar-refractivity contribution in [3.63, 3.8) is 0 Å². The summed E-state index contributed by atoms with van der Waals surface area (Å²) < 4.78 is 7.31. The van der Waals surface area contributed by atoms with Crippen LogP contribution in [0.15, 0.2) is 53.3 Å². The van der Waals surface area contributed by atoms with Crippen LogP contribution in [0.3, 0.4) is 0 Å². The van der Waals surface area contributed by atoms with Crippen LogP contribution in [-0.2, 0) is 29.5 Å². The third-order valence-corrected chi connectivity index (χ3v) is 6.24. The lowest BCUT2D eigenvalue weighted by Gasteiger charge is -2.26. The number of hydrogen-bond donors (Lipinski definition) is 2. The molecule has 0 spiro atoms. The van der Waals surface area contributed by atoms with Crippen LogP contribution in [0.5, 0.6) is 0 Å². The first-order valence-electron chi connectivity index (χ1n) is 12.3. The van der Waals surface area contributed by atoms with Crippen LogP contribution < -0.4 is 21.6 Å². The van der Waals surface area contributed by atoms with Gasteiger partial charge in [0.1, 0.15) is 12.4 Å². The van der Waals surface area contributed by atoms with Gasteiger partial charge in [-0.1, -0.05) is 47.4 Å². The predicted octanol–water partition coefficient (Wildman–Crippen LogP) is 0.527. The molecular formula is C27H24N8O5. The Morgan fingerprint density at radius 2 is 1.80 bits per heavy atom. The molecule has 0 bridgehead atoms. The van der Waals surface area contributed by atoms with Crippen molar-refractivity contribution in [2.24, 2.45) is 12.8 Å². The number of alkyl carbamates (subject to hydrolysis) is 1. The monoisotopic (exact) mass is 540 g/mol. The highest BCUT2D eigenvalue weighted by atomic mass is 16.5. The van der Waals surface area contributed by atoms with Crippen molar-refractivity contribution in [2.45, 2.75) is 19.4 Å². The zero-order valence-corrected chi connectivity index (χ0v) is 21.5. The molecule has 0 atom stereocenters. The van der Waals surface area contributed by atoms with Crippen LogP contribution in [0.1, 0.15) is 39.4 Å². The van der Waals surface area contributed by atoms with Crippen LogP contribution >= 0.6 is 0 Å². The van der Waals surface area contributed by atoms with Gasteiger partial charge in [-0.2, -0.15) is 4.68 Å². The number of imidazole rings is 1. The lowest BCUT2D eigenvalue weighted by Crippen LogP contribution is -2.34. The second-order valence-corrected chi connectivity index (χ2v) is 8.86. The second kappa shape index (κ2) is 11.1. The van der Waals surface area contributed by atoms with Gasteiger partial charge in [0.25, 0.3) is 5.91 Å². The van der Waals surface area contributed by atoms with Gasteiger partial charge in [0.2, 0.25) is 5.91 Å². The number of nitrogens with one attached hydrogen (secondary N) is 1. The molecule has 40 heavy (non-hydrogen) atoms. The average Bonchev–Trinajstić information content (AvgIpc) is 3.31. The number of benzene rings is 2. The molecule has 0 saturated carbocycles. The van der Waals surface area contributed by atoms with Gasteiger partial charge in [-0.25, -0.2) is 19.0 Å². The smallest absolute Gasteiger partial charge is 0.407 e. The van der Waals surface area contributed by atoms with Gasteiger partial charge in [0, 0.05) is 31.1 Å². The number of hydrogen-bond acceptors (Lipinski definition) is 8. The fraction of sp³-hybridized carbons (Fsp3) is 0.222. The molecule has 2 aromatic heterocycles. The zero-order chi connectivity index (χ0) is 28.2. The summed E-state index contributed by atoms with van der Waals surface area (Å²) in [6.45, 7) is 0.220. The molecule has 1 aliphatic heterocycles. The van der Waals surface area contributed by atoms with Gasteiger partial charge in [0.05, 0.1) is 18.7 Å². The molecule has 0 radical (unpaired) electrons. The maximum atomic E-state index is 13.2. The van der Waals surface area contributed by atoms with E-state index in [2.05, 4.69) is 32.5 Å². The van der Waals surface area contributed by atoms with Crippen molar-refractivity contribution < 1.29 is 19.1 Å². The van der Waals surface area contributed by atoms with E-state index in [0.29, 0.717) is 12.2 Å². The van der Waals surface area contributed by atoms with Crippen molar-refractivity contribution in [2.75, 3.05) is 18.1 Å². The first-order valence-corrected chi connectivity index (χ1v) is 12.3. The Balaban J connectivity index is 1.19. The molecule has 0 fully saturated rings. The largest absolute Gasteiger partial charge is 0.449 e. The highest BCUT2D eigenvalue weighted by Gasteiger charge is 2.22. The number of rotatable bonds is 7. The number of primary amides is 1. The fourth-order valence-electron chi connectivity index (χ4n) is 4.28. The van der Waals surface area contributed by atoms with E-state index in [1.807, 2.05) is 48.5 Å². The first-order chi connectivity index (χ1) is 19.3. The summed E-state index contributed by atoms with van der Waals surface area (Å²) in [7, 11) is 1.40. The molecule has 0 unspecified atom stereocenters. The normalized spacial score (nSPS) is 11.9. The summed E-state index contributed by atoms with van der Waals surface area (Å²) in [4.78, 5) is 55.4. The van der Waals surface area contributed by atoms with Gasteiger partial charge in [-0.15, -0.1) is 5.10 Å². The summed E-state index contributed by atoms with van der Waals surface area (Å²) in [5, 5.41) is 10.0. The van der Waals surface area contributed by atoms with Crippen molar-refractivity contribution in [3.8, 4) is 11.8 Å². The van der Waals surface area contributed by atoms with E-state index in [-0.39, 0.29) is 49.1 Å². The summed E-state index contributed by atoms with van der Waals surface area (Å²) in [5.74, 6) is 5.41. The average molecular weight is 541 g/mol. The molecule has 3 heterocycles.